The SMILES string of the molecule is O=C(NCc1ccccc1COc1ccccc1)c1cnc2sccn2c1=O. The van der Waals surface area contributed by atoms with Gasteiger partial charge in [0.05, 0.1) is 0 Å². The molecule has 0 unspecified atom stereocenters. The van der Waals surface area contributed by atoms with Crippen molar-refractivity contribution in [3.63, 3.8) is 0 Å². The van der Waals surface area contributed by atoms with Crippen molar-refractivity contribution in [3.8, 4) is 5.75 Å². The summed E-state index contributed by atoms with van der Waals surface area (Å²) in [5, 5.41) is 4.57. The molecule has 0 radical (unpaired) electrons. The average Bonchev–Trinajstić information content (AvgIpc) is 3.22. The zero-order valence-electron chi connectivity index (χ0n) is 14.9. The van der Waals surface area contributed by atoms with E-state index in [-0.39, 0.29) is 11.1 Å². The van der Waals surface area contributed by atoms with Gasteiger partial charge in [0.15, 0.2) is 4.96 Å². The molecule has 0 fully saturated rings. The molecule has 2 aromatic heterocycles. The first-order valence-electron chi connectivity index (χ1n) is 8.70. The number of fused-ring (bicyclic) bond motifs is 1. The molecular weight excluding hydrogens is 374 g/mol. The number of ether oxygens (including phenoxy) is 1. The molecule has 1 amide bonds. The molecule has 0 spiro atoms. The third-order valence-corrected chi connectivity index (χ3v) is 5.05. The highest BCUT2D eigenvalue weighted by molar-refractivity contribution is 7.15. The molecule has 0 aliphatic carbocycles. The summed E-state index contributed by atoms with van der Waals surface area (Å²) in [6.07, 6.45) is 2.94. The Hall–Kier alpha value is -3.45. The molecule has 0 aliphatic rings. The summed E-state index contributed by atoms with van der Waals surface area (Å²) >= 11 is 1.34. The topological polar surface area (TPSA) is 72.7 Å². The first-order chi connectivity index (χ1) is 13.7. The number of amides is 1. The van der Waals surface area contributed by atoms with Crippen molar-refractivity contribution in [1.29, 1.82) is 0 Å². The quantitative estimate of drug-likeness (QED) is 0.548. The van der Waals surface area contributed by atoms with Gasteiger partial charge in [-0.15, -0.1) is 11.3 Å². The number of para-hydroxylation sites is 1. The van der Waals surface area contributed by atoms with Crippen LogP contribution in [0, 0.1) is 0 Å². The highest BCUT2D eigenvalue weighted by Crippen LogP contribution is 2.15. The Morgan fingerprint density at radius 2 is 1.82 bits per heavy atom. The van der Waals surface area contributed by atoms with E-state index in [4.69, 9.17) is 4.74 Å². The Kier molecular flexibility index (Phi) is 5.16. The zero-order chi connectivity index (χ0) is 19.3. The lowest BCUT2D eigenvalue weighted by molar-refractivity contribution is 0.0948. The van der Waals surface area contributed by atoms with Crippen molar-refractivity contribution in [2.24, 2.45) is 0 Å². The number of carbonyl (C=O) groups excluding carboxylic acids is 1. The standard InChI is InChI=1S/C21H17N3O3S/c25-19(18-13-23-21-24(20(18)26)10-11-28-21)22-12-15-6-4-5-7-16(15)14-27-17-8-2-1-3-9-17/h1-11,13H,12,14H2,(H,22,25). The van der Waals surface area contributed by atoms with Crippen LogP contribution in [0.3, 0.4) is 0 Å². The highest BCUT2D eigenvalue weighted by atomic mass is 32.1. The van der Waals surface area contributed by atoms with Gasteiger partial charge in [0.25, 0.3) is 11.5 Å². The highest BCUT2D eigenvalue weighted by Gasteiger charge is 2.14. The smallest absolute Gasteiger partial charge is 0.271 e. The molecule has 0 bridgehead atoms. The van der Waals surface area contributed by atoms with Crippen LogP contribution in [-0.2, 0) is 13.2 Å². The van der Waals surface area contributed by atoms with Crippen LogP contribution >= 0.6 is 11.3 Å². The van der Waals surface area contributed by atoms with E-state index >= 15 is 0 Å². The van der Waals surface area contributed by atoms with E-state index in [1.165, 1.54) is 21.9 Å². The number of hydrogen-bond donors (Lipinski definition) is 1. The van der Waals surface area contributed by atoms with Gasteiger partial charge in [-0.1, -0.05) is 42.5 Å². The molecule has 0 atom stereocenters. The fraction of sp³-hybridized carbons (Fsp3) is 0.0952. The van der Waals surface area contributed by atoms with Gasteiger partial charge in [-0.25, -0.2) is 4.98 Å². The van der Waals surface area contributed by atoms with Crippen molar-refractivity contribution in [1.82, 2.24) is 14.7 Å². The van der Waals surface area contributed by atoms with Crippen LogP contribution in [0.15, 0.2) is 77.2 Å². The van der Waals surface area contributed by atoms with E-state index in [1.807, 2.05) is 54.6 Å². The Bertz CT molecular complexity index is 1170. The third-order valence-electron chi connectivity index (χ3n) is 4.28. The monoisotopic (exact) mass is 391 g/mol. The minimum absolute atomic E-state index is 0.0221. The second-order valence-electron chi connectivity index (χ2n) is 6.09. The van der Waals surface area contributed by atoms with E-state index < -0.39 is 5.91 Å². The predicted octanol–water partition coefficient (Wildman–Crippen LogP) is 3.27. The van der Waals surface area contributed by atoms with E-state index in [9.17, 15) is 9.59 Å². The van der Waals surface area contributed by atoms with E-state index in [1.54, 1.807) is 11.6 Å². The summed E-state index contributed by atoms with van der Waals surface area (Å²) in [5.41, 5.74) is 1.55. The van der Waals surface area contributed by atoms with Gasteiger partial charge in [-0.05, 0) is 23.3 Å². The largest absolute Gasteiger partial charge is 0.489 e. The maximum absolute atomic E-state index is 12.5. The summed E-state index contributed by atoms with van der Waals surface area (Å²) in [6, 6.07) is 17.3. The van der Waals surface area contributed by atoms with Crippen LogP contribution in [0.4, 0.5) is 0 Å². The van der Waals surface area contributed by atoms with Gasteiger partial charge in [0.2, 0.25) is 0 Å². The van der Waals surface area contributed by atoms with Crippen molar-refractivity contribution in [2.45, 2.75) is 13.2 Å². The Balaban J connectivity index is 1.46. The van der Waals surface area contributed by atoms with Gasteiger partial charge < -0.3 is 10.1 Å². The second kappa shape index (κ2) is 8.06. The summed E-state index contributed by atoms with van der Waals surface area (Å²) < 4.78 is 7.18. The molecule has 0 aliphatic heterocycles. The van der Waals surface area contributed by atoms with Crippen LogP contribution in [0.5, 0.6) is 5.75 Å². The van der Waals surface area contributed by atoms with Crippen LogP contribution < -0.4 is 15.6 Å². The number of carbonyl (C=O) groups is 1. The Morgan fingerprint density at radius 3 is 2.64 bits per heavy atom. The van der Waals surface area contributed by atoms with Crippen LogP contribution in [0.25, 0.3) is 4.96 Å². The molecule has 2 aromatic carbocycles. The lowest BCUT2D eigenvalue weighted by atomic mass is 10.1. The van der Waals surface area contributed by atoms with Crippen molar-refractivity contribution < 1.29 is 9.53 Å². The predicted molar refractivity (Wildman–Crippen MR) is 108 cm³/mol. The maximum Gasteiger partial charge on any atom is 0.271 e. The minimum Gasteiger partial charge on any atom is -0.489 e. The normalized spacial score (nSPS) is 10.7. The minimum atomic E-state index is -0.447. The first-order valence-corrected chi connectivity index (χ1v) is 9.58. The average molecular weight is 391 g/mol. The van der Waals surface area contributed by atoms with Crippen LogP contribution in [0.2, 0.25) is 0 Å². The third kappa shape index (κ3) is 3.79. The summed E-state index contributed by atoms with van der Waals surface area (Å²) in [4.78, 5) is 29.6. The molecule has 140 valence electrons. The number of nitrogens with one attached hydrogen (secondary N) is 1. The van der Waals surface area contributed by atoms with Gasteiger partial charge >= 0.3 is 0 Å². The lowest BCUT2D eigenvalue weighted by Crippen LogP contribution is -2.31. The molecule has 28 heavy (non-hydrogen) atoms. The van der Waals surface area contributed by atoms with E-state index in [0.717, 1.165) is 16.9 Å². The molecule has 4 aromatic rings. The van der Waals surface area contributed by atoms with Gasteiger partial charge in [-0.3, -0.25) is 14.0 Å². The number of thiazole rings is 1. The van der Waals surface area contributed by atoms with Crippen LogP contribution in [-0.4, -0.2) is 15.3 Å². The Labute approximate surface area is 165 Å². The van der Waals surface area contributed by atoms with Crippen molar-refractivity contribution in [3.05, 3.63) is 99.4 Å². The molecule has 0 saturated carbocycles. The summed E-state index contributed by atoms with van der Waals surface area (Å²) in [5.74, 6) is 0.335. The summed E-state index contributed by atoms with van der Waals surface area (Å²) in [7, 11) is 0. The van der Waals surface area contributed by atoms with E-state index in [2.05, 4.69) is 10.3 Å². The molecule has 4 rings (SSSR count). The van der Waals surface area contributed by atoms with Crippen LogP contribution in [0.1, 0.15) is 21.5 Å². The number of benzene rings is 2. The Morgan fingerprint density at radius 1 is 1.07 bits per heavy atom. The lowest BCUT2D eigenvalue weighted by Gasteiger charge is -2.12. The van der Waals surface area contributed by atoms with E-state index in [0.29, 0.717) is 18.1 Å². The fourth-order valence-corrected chi connectivity index (χ4v) is 3.47. The summed E-state index contributed by atoms with van der Waals surface area (Å²) in [6.45, 7) is 0.681. The maximum atomic E-state index is 12.5. The molecule has 0 saturated heterocycles. The molecule has 1 N–H and O–H groups in total. The molecular formula is C21H17N3O3S. The second-order valence-corrected chi connectivity index (χ2v) is 6.96. The fourth-order valence-electron chi connectivity index (χ4n) is 2.80. The van der Waals surface area contributed by atoms with Gasteiger partial charge in [0.1, 0.15) is 17.9 Å². The zero-order valence-corrected chi connectivity index (χ0v) is 15.7. The first kappa shape index (κ1) is 17.9. The number of aromatic nitrogens is 2. The van der Waals surface area contributed by atoms with Gasteiger partial charge in [0, 0.05) is 24.3 Å². The molecule has 7 heteroatoms. The number of rotatable bonds is 6. The number of nitrogens with zero attached hydrogens (tertiary/aromatic N) is 2. The van der Waals surface area contributed by atoms with Crippen molar-refractivity contribution >= 4 is 22.2 Å². The molecule has 2 heterocycles. The van der Waals surface area contributed by atoms with Gasteiger partial charge in [-0.2, -0.15) is 0 Å². The number of hydrogen-bond acceptors (Lipinski definition) is 5. The molecule has 6 nitrogen and oxygen atoms in total. The van der Waals surface area contributed by atoms with Crippen molar-refractivity contribution in [2.75, 3.05) is 0 Å².